The Balaban J connectivity index is 2.81. The van der Waals surface area contributed by atoms with Crippen LogP contribution in [-0.2, 0) is 4.79 Å². The molecule has 0 heterocycles. The molecule has 0 atom stereocenters. The van der Waals surface area contributed by atoms with Crippen LogP contribution in [-0.4, -0.2) is 5.97 Å². The molecule has 0 aromatic heterocycles. The maximum Gasteiger partial charge on any atom is 0.338 e. The number of benzene rings is 1. The van der Waals surface area contributed by atoms with Crippen molar-refractivity contribution in [1.82, 2.24) is 0 Å². The molecule has 0 N–H and O–H groups in total. The number of ether oxygens (including phenoxy) is 1. The number of halogens is 2. The maximum absolute atomic E-state index is 12.7. The van der Waals surface area contributed by atoms with E-state index in [1.807, 2.05) is 0 Å². The molecule has 1 aromatic carbocycles. The van der Waals surface area contributed by atoms with E-state index in [2.05, 4.69) is 6.58 Å². The quantitative estimate of drug-likeness (QED) is 0.437. The van der Waals surface area contributed by atoms with Crippen molar-refractivity contribution in [2.75, 3.05) is 0 Å². The molecule has 0 radical (unpaired) electrons. The average Bonchev–Trinajstić information content (AvgIpc) is 2.14. The van der Waals surface area contributed by atoms with E-state index in [0.29, 0.717) is 12.5 Å². The molecule has 1 rings (SSSR count). The second-order valence-corrected chi connectivity index (χ2v) is 2.95. The van der Waals surface area contributed by atoms with Gasteiger partial charge in [0.1, 0.15) is 17.4 Å². The van der Waals surface area contributed by atoms with Crippen LogP contribution in [0.25, 0.3) is 0 Å². The zero-order chi connectivity index (χ0) is 11.4. The van der Waals surface area contributed by atoms with Gasteiger partial charge in [-0.2, -0.15) is 0 Å². The van der Waals surface area contributed by atoms with Crippen LogP contribution in [0.5, 0.6) is 5.75 Å². The Morgan fingerprint density at radius 1 is 1.33 bits per heavy atom. The molecule has 1 aromatic rings. The van der Waals surface area contributed by atoms with E-state index in [-0.39, 0.29) is 11.3 Å². The van der Waals surface area contributed by atoms with E-state index in [0.717, 1.165) is 12.1 Å². The van der Waals surface area contributed by atoms with Crippen molar-refractivity contribution >= 4 is 5.97 Å². The topological polar surface area (TPSA) is 26.3 Å². The second kappa shape index (κ2) is 4.68. The average molecular weight is 212 g/mol. The number of carbonyl (C=O) groups is 1. The fourth-order valence-electron chi connectivity index (χ4n) is 0.911. The Hall–Kier alpha value is -1.71. The summed E-state index contributed by atoms with van der Waals surface area (Å²) in [6, 6.07) is 2.57. The van der Waals surface area contributed by atoms with E-state index >= 15 is 0 Å². The smallest absolute Gasteiger partial charge is 0.338 e. The highest BCUT2D eigenvalue weighted by atomic mass is 19.1. The molecule has 80 valence electrons. The molecule has 0 saturated carbocycles. The first kappa shape index (κ1) is 11.4. The van der Waals surface area contributed by atoms with Crippen LogP contribution in [0, 0.1) is 11.6 Å². The Morgan fingerprint density at radius 3 is 2.33 bits per heavy atom. The lowest BCUT2D eigenvalue weighted by Gasteiger charge is -2.04. The SMILES string of the molecule is C=C(CC)C(=O)Oc1cc(F)cc(F)c1. The summed E-state index contributed by atoms with van der Waals surface area (Å²) in [4.78, 5) is 11.2. The van der Waals surface area contributed by atoms with E-state index in [1.54, 1.807) is 6.92 Å². The lowest BCUT2D eigenvalue weighted by Crippen LogP contribution is -2.10. The Morgan fingerprint density at radius 2 is 1.87 bits per heavy atom. The molecule has 0 amide bonds. The van der Waals surface area contributed by atoms with Gasteiger partial charge in [0.25, 0.3) is 0 Å². The fourth-order valence-corrected chi connectivity index (χ4v) is 0.911. The van der Waals surface area contributed by atoms with E-state index in [4.69, 9.17) is 4.74 Å². The first-order chi connectivity index (χ1) is 7.02. The van der Waals surface area contributed by atoms with Crippen molar-refractivity contribution in [3.63, 3.8) is 0 Å². The first-order valence-electron chi connectivity index (χ1n) is 4.39. The van der Waals surface area contributed by atoms with Gasteiger partial charge in [-0.25, -0.2) is 13.6 Å². The lowest BCUT2D eigenvalue weighted by molar-refractivity contribution is -0.130. The van der Waals surface area contributed by atoms with E-state index in [9.17, 15) is 13.6 Å². The molecule has 0 aliphatic carbocycles. The third-order valence-electron chi connectivity index (χ3n) is 1.76. The highest BCUT2D eigenvalue weighted by Gasteiger charge is 2.09. The summed E-state index contributed by atoms with van der Waals surface area (Å²) >= 11 is 0. The third-order valence-corrected chi connectivity index (χ3v) is 1.76. The van der Waals surface area contributed by atoms with Crippen molar-refractivity contribution in [2.45, 2.75) is 13.3 Å². The summed E-state index contributed by atoms with van der Waals surface area (Å²) < 4.78 is 30.1. The third kappa shape index (κ3) is 3.16. The molecule has 0 bridgehead atoms. The van der Waals surface area contributed by atoms with Crippen molar-refractivity contribution < 1.29 is 18.3 Å². The van der Waals surface area contributed by atoms with E-state index < -0.39 is 17.6 Å². The van der Waals surface area contributed by atoms with Crippen LogP contribution in [0.2, 0.25) is 0 Å². The minimum absolute atomic E-state index is 0.160. The van der Waals surface area contributed by atoms with Crippen LogP contribution in [0.4, 0.5) is 8.78 Å². The summed E-state index contributed by atoms with van der Waals surface area (Å²) in [5.41, 5.74) is 0.250. The molecular formula is C11H10F2O2. The summed E-state index contributed by atoms with van der Waals surface area (Å²) in [6.07, 6.45) is 0.427. The predicted octanol–water partition coefficient (Wildman–Crippen LogP) is 2.84. The van der Waals surface area contributed by atoms with Gasteiger partial charge in [0.15, 0.2) is 0 Å². The van der Waals surface area contributed by atoms with Crippen LogP contribution in [0.3, 0.4) is 0 Å². The molecule has 4 heteroatoms. The summed E-state index contributed by atoms with van der Waals surface area (Å²) in [7, 11) is 0. The van der Waals surface area contributed by atoms with Crippen LogP contribution in [0.15, 0.2) is 30.4 Å². The van der Waals surface area contributed by atoms with Crippen molar-refractivity contribution in [3.05, 3.63) is 42.0 Å². The van der Waals surface area contributed by atoms with Gasteiger partial charge < -0.3 is 4.74 Å². The molecule has 0 spiro atoms. The highest BCUT2D eigenvalue weighted by molar-refractivity contribution is 5.89. The minimum atomic E-state index is -0.792. The van der Waals surface area contributed by atoms with Crippen LogP contribution >= 0.6 is 0 Å². The molecular weight excluding hydrogens is 202 g/mol. The van der Waals surface area contributed by atoms with Crippen molar-refractivity contribution in [1.29, 1.82) is 0 Å². The van der Waals surface area contributed by atoms with Gasteiger partial charge in [-0.1, -0.05) is 13.5 Å². The van der Waals surface area contributed by atoms with Crippen molar-refractivity contribution in [3.8, 4) is 5.75 Å². The Labute approximate surface area is 86.2 Å². The normalized spacial score (nSPS) is 9.80. The number of rotatable bonds is 3. The van der Waals surface area contributed by atoms with Gasteiger partial charge in [-0.3, -0.25) is 0 Å². The van der Waals surface area contributed by atoms with Crippen LogP contribution < -0.4 is 4.74 Å². The molecule has 0 unspecified atom stereocenters. The zero-order valence-electron chi connectivity index (χ0n) is 8.22. The molecule has 0 saturated heterocycles. The van der Waals surface area contributed by atoms with Gasteiger partial charge in [-0.15, -0.1) is 0 Å². The predicted molar refractivity (Wildman–Crippen MR) is 51.4 cm³/mol. The summed E-state index contributed by atoms with van der Waals surface area (Å²) in [5.74, 6) is -2.42. The van der Waals surface area contributed by atoms with Crippen LogP contribution in [0.1, 0.15) is 13.3 Å². The summed E-state index contributed by atoms with van der Waals surface area (Å²) in [6.45, 7) is 5.18. The number of hydrogen-bond acceptors (Lipinski definition) is 2. The zero-order valence-corrected chi connectivity index (χ0v) is 8.22. The highest BCUT2D eigenvalue weighted by Crippen LogP contribution is 2.16. The maximum atomic E-state index is 12.7. The standard InChI is InChI=1S/C11H10F2O2/c1-3-7(2)11(14)15-10-5-8(12)4-9(13)6-10/h4-6H,2-3H2,1H3. The molecule has 0 aliphatic heterocycles. The van der Waals surface area contributed by atoms with Gasteiger partial charge >= 0.3 is 5.97 Å². The minimum Gasteiger partial charge on any atom is -0.423 e. The fraction of sp³-hybridized carbons (Fsp3) is 0.182. The van der Waals surface area contributed by atoms with Gasteiger partial charge in [0, 0.05) is 23.8 Å². The second-order valence-electron chi connectivity index (χ2n) is 2.95. The Bertz CT molecular complexity index is 379. The number of esters is 1. The summed E-state index contributed by atoms with van der Waals surface area (Å²) in [5, 5.41) is 0. The van der Waals surface area contributed by atoms with E-state index in [1.165, 1.54) is 0 Å². The first-order valence-corrected chi connectivity index (χ1v) is 4.39. The number of hydrogen-bond donors (Lipinski definition) is 0. The molecule has 2 nitrogen and oxygen atoms in total. The van der Waals surface area contributed by atoms with Crippen molar-refractivity contribution in [2.24, 2.45) is 0 Å². The Kier molecular flexibility index (Phi) is 3.55. The molecule has 15 heavy (non-hydrogen) atoms. The monoisotopic (exact) mass is 212 g/mol. The van der Waals surface area contributed by atoms with Gasteiger partial charge in [-0.05, 0) is 6.42 Å². The van der Waals surface area contributed by atoms with Gasteiger partial charge in [0.05, 0.1) is 0 Å². The van der Waals surface area contributed by atoms with Gasteiger partial charge in [0.2, 0.25) is 0 Å². The largest absolute Gasteiger partial charge is 0.423 e. The number of carbonyl (C=O) groups excluding carboxylic acids is 1. The molecule has 0 fully saturated rings. The lowest BCUT2D eigenvalue weighted by atomic mass is 10.2. The molecule has 0 aliphatic rings.